The summed E-state index contributed by atoms with van der Waals surface area (Å²) in [7, 11) is 2.61. The number of likely N-dealkylation sites (tertiary alicyclic amines) is 1. The number of hydrogen-bond acceptors (Lipinski definition) is 5. The van der Waals surface area contributed by atoms with Crippen molar-refractivity contribution in [2.45, 2.75) is 64.1 Å². The van der Waals surface area contributed by atoms with E-state index in [2.05, 4.69) is 10.1 Å². The second kappa shape index (κ2) is 7.85. The number of methoxy groups -OCH3 is 2. The Morgan fingerprint density at radius 1 is 1.08 bits per heavy atom. The summed E-state index contributed by atoms with van der Waals surface area (Å²) in [4.78, 5) is 38.7. The molecule has 4 atom stereocenters. The first-order valence-corrected chi connectivity index (χ1v) is 8.65. The number of alkyl carbamates (subject to hydrolysis) is 1. The fourth-order valence-corrected chi connectivity index (χ4v) is 3.98. The highest BCUT2D eigenvalue weighted by atomic mass is 16.5. The Bertz CT molecular complexity index is 493. The van der Waals surface area contributed by atoms with Crippen LogP contribution in [0.4, 0.5) is 4.79 Å². The molecule has 0 unspecified atom stereocenters. The van der Waals surface area contributed by atoms with Gasteiger partial charge in [-0.25, -0.2) is 9.59 Å². The standard InChI is InChI=1S/C17H28N2O5/c1-10(2)14(18-17(22)24-4)15(20)19-12-8-6-5-7-11(12)9-13(19)16(21)23-3/h10-14H,5-9H2,1-4H3,(H,18,22)/t11-,12-,13-,14-/m0/s1. The van der Waals surface area contributed by atoms with Crippen molar-refractivity contribution >= 4 is 18.0 Å². The third-order valence-corrected chi connectivity index (χ3v) is 5.21. The molecule has 0 spiro atoms. The molecule has 0 radical (unpaired) electrons. The molecule has 1 saturated heterocycles. The number of rotatable bonds is 4. The summed E-state index contributed by atoms with van der Waals surface area (Å²) in [6.45, 7) is 3.72. The fraction of sp³-hybridized carbons (Fsp3) is 0.824. The van der Waals surface area contributed by atoms with Crippen LogP contribution in [-0.2, 0) is 19.1 Å². The molecule has 7 heteroatoms. The summed E-state index contributed by atoms with van der Waals surface area (Å²) in [5.74, 6) is -0.381. The fourth-order valence-electron chi connectivity index (χ4n) is 3.98. The Balaban J connectivity index is 2.26. The summed E-state index contributed by atoms with van der Waals surface area (Å²) < 4.78 is 9.55. The van der Waals surface area contributed by atoms with Gasteiger partial charge in [0.05, 0.1) is 14.2 Å². The molecule has 1 aliphatic heterocycles. The van der Waals surface area contributed by atoms with Crippen molar-refractivity contribution in [3.63, 3.8) is 0 Å². The molecule has 2 amide bonds. The largest absolute Gasteiger partial charge is 0.467 e. The average Bonchev–Trinajstić information content (AvgIpc) is 2.97. The normalized spacial score (nSPS) is 27.4. The molecule has 2 fully saturated rings. The maximum Gasteiger partial charge on any atom is 0.407 e. The lowest BCUT2D eigenvalue weighted by molar-refractivity contribution is -0.153. The van der Waals surface area contributed by atoms with Crippen LogP contribution in [0.1, 0.15) is 46.0 Å². The smallest absolute Gasteiger partial charge is 0.407 e. The van der Waals surface area contributed by atoms with Crippen LogP contribution < -0.4 is 5.32 Å². The highest BCUT2D eigenvalue weighted by Crippen LogP contribution is 2.40. The van der Waals surface area contributed by atoms with E-state index in [1.165, 1.54) is 14.2 Å². The maximum absolute atomic E-state index is 13.2. The van der Waals surface area contributed by atoms with E-state index in [9.17, 15) is 14.4 Å². The van der Waals surface area contributed by atoms with Crippen LogP contribution in [0.3, 0.4) is 0 Å². The third kappa shape index (κ3) is 3.65. The SMILES string of the molecule is COC(=O)N[C@H](C(=O)N1[C@H](C(=O)OC)C[C@@H]2CCCC[C@@H]21)C(C)C. The first kappa shape index (κ1) is 18.5. The number of carbonyl (C=O) groups excluding carboxylic acids is 3. The van der Waals surface area contributed by atoms with Crippen LogP contribution in [0.15, 0.2) is 0 Å². The minimum atomic E-state index is -0.717. The summed E-state index contributed by atoms with van der Waals surface area (Å²) >= 11 is 0. The van der Waals surface area contributed by atoms with Crippen LogP contribution >= 0.6 is 0 Å². The Kier molecular flexibility index (Phi) is 6.07. The number of fused-ring (bicyclic) bond motifs is 1. The van der Waals surface area contributed by atoms with Crippen molar-refractivity contribution in [2.75, 3.05) is 14.2 Å². The summed E-state index contributed by atoms with van der Waals surface area (Å²) in [5, 5.41) is 2.61. The van der Waals surface area contributed by atoms with Gasteiger partial charge in [0.25, 0.3) is 0 Å². The van der Waals surface area contributed by atoms with E-state index < -0.39 is 18.2 Å². The molecule has 2 aliphatic rings. The van der Waals surface area contributed by atoms with Crippen molar-refractivity contribution in [3.8, 4) is 0 Å². The van der Waals surface area contributed by atoms with E-state index in [1.54, 1.807) is 4.90 Å². The summed E-state index contributed by atoms with van der Waals surface area (Å²) in [6.07, 6.45) is 4.11. The number of amides is 2. The third-order valence-electron chi connectivity index (χ3n) is 5.21. The molecular weight excluding hydrogens is 312 g/mol. The van der Waals surface area contributed by atoms with E-state index in [-0.39, 0.29) is 23.8 Å². The molecule has 1 aliphatic carbocycles. The molecule has 0 aromatic carbocycles. The van der Waals surface area contributed by atoms with E-state index in [4.69, 9.17) is 4.74 Å². The zero-order valence-electron chi connectivity index (χ0n) is 14.9. The minimum Gasteiger partial charge on any atom is -0.467 e. The van der Waals surface area contributed by atoms with E-state index in [1.807, 2.05) is 13.8 Å². The van der Waals surface area contributed by atoms with Gasteiger partial charge in [-0.1, -0.05) is 26.7 Å². The molecule has 1 heterocycles. The van der Waals surface area contributed by atoms with E-state index in [0.29, 0.717) is 12.3 Å². The van der Waals surface area contributed by atoms with Crippen molar-refractivity contribution in [2.24, 2.45) is 11.8 Å². The number of hydrogen-bond donors (Lipinski definition) is 1. The number of esters is 1. The van der Waals surface area contributed by atoms with Gasteiger partial charge in [0, 0.05) is 6.04 Å². The van der Waals surface area contributed by atoms with Crippen LogP contribution in [0, 0.1) is 11.8 Å². The van der Waals surface area contributed by atoms with Crippen molar-refractivity contribution < 1.29 is 23.9 Å². The number of ether oxygens (including phenoxy) is 2. The van der Waals surface area contributed by atoms with Crippen LogP contribution in [0.5, 0.6) is 0 Å². The average molecular weight is 340 g/mol. The summed E-state index contributed by atoms with van der Waals surface area (Å²) in [6, 6.07) is -1.22. The quantitative estimate of drug-likeness (QED) is 0.787. The second-order valence-electron chi connectivity index (χ2n) is 6.99. The van der Waals surface area contributed by atoms with Crippen LogP contribution in [-0.4, -0.2) is 55.2 Å². The lowest BCUT2D eigenvalue weighted by Crippen LogP contribution is -2.56. The van der Waals surface area contributed by atoms with Gasteiger partial charge in [0.1, 0.15) is 12.1 Å². The Hall–Kier alpha value is -1.79. The minimum absolute atomic E-state index is 0.0519. The van der Waals surface area contributed by atoms with Gasteiger partial charge in [-0.2, -0.15) is 0 Å². The molecule has 7 nitrogen and oxygen atoms in total. The van der Waals surface area contributed by atoms with Crippen LogP contribution in [0.25, 0.3) is 0 Å². The van der Waals surface area contributed by atoms with Crippen LogP contribution in [0.2, 0.25) is 0 Å². The molecule has 0 aromatic rings. The van der Waals surface area contributed by atoms with Gasteiger partial charge < -0.3 is 19.7 Å². The molecular formula is C17H28N2O5. The second-order valence-corrected chi connectivity index (χ2v) is 6.99. The Morgan fingerprint density at radius 2 is 1.75 bits per heavy atom. The highest BCUT2D eigenvalue weighted by molar-refractivity contribution is 5.90. The molecule has 0 bridgehead atoms. The molecule has 2 rings (SSSR count). The zero-order valence-corrected chi connectivity index (χ0v) is 14.9. The van der Waals surface area contributed by atoms with E-state index in [0.717, 1.165) is 25.7 Å². The molecule has 24 heavy (non-hydrogen) atoms. The zero-order chi connectivity index (χ0) is 17.9. The first-order valence-electron chi connectivity index (χ1n) is 8.65. The van der Waals surface area contributed by atoms with Gasteiger partial charge in [-0.15, -0.1) is 0 Å². The number of nitrogens with one attached hydrogen (secondary N) is 1. The Morgan fingerprint density at radius 3 is 2.33 bits per heavy atom. The van der Waals surface area contributed by atoms with Crippen molar-refractivity contribution in [1.82, 2.24) is 10.2 Å². The molecule has 1 saturated carbocycles. The lowest BCUT2D eigenvalue weighted by Gasteiger charge is -2.36. The first-order chi connectivity index (χ1) is 11.4. The molecule has 0 aromatic heterocycles. The summed E-state index contributed by atoms with van der Waals surface area (Å²) in [5.41, 5.74) is 0. The predicted octanol–water partition coefficient (Wildman–Crippen LogP) is 1.70. The van der Waals surface area contributed by atoms with Gasteiger partial charge >= 0.3 is 12.1 Å². The van der Waals surface area contributed by atoms with Crippen molar-refractivity contribution in [1.29, 1.82) is 0 Å². The van der Waals surface area contributed by atoms with Gasteiger partial charge in [0.2, 0.25) is 5.91 Å². The number of nitrogens with zero attached hydrogens (tertiary/aromatic N) is 1. The van der Waals surface area contributed by atoms with Gasteiger partial charge in [0.15, 0.2) is 0 Å². The molecule has 1 N–H and O–H groups in total. The number of carbonyl (C=O) groups is 3. The lowest BCUT2D eigenvalue weighted by atomic mass is 9.84. The van der Waals surface area contributed by atoms with Crippen molar-refractivity contribution in [3.05, 3.63) is 0 Å². The highest BCUT2D eigenvalue weighted by Gasteiger charge is 2.49. The van der Waals surface area contributed by atoms with Gasteiger partial charge in [-0.05, 0) is 31.1 Å². The predicted molar refractivity (Wildman–Crippen MR) is 87.2 cm³/mol. The monoisotopic (exact) mass is 340 g/mol. The topological polar surface area (TPSA) is 84.9 Å². The maximum atomic E-state index is 13.2. The Labute approximate surface area is 143 Å². The van der Waals surface area contributed by atoms with E-state index >= 15 is 0 Å². The molecule has 136 valence electrons. The van der Waals surface area contributed by atoms with Gasteiger partial charge in [-0.3, -0.25) is 4.79 Å².